The van der Waals surface area contributed by atoms with Gasteiger partial charge >= 0.3 is 0 Å². The van der Waals surface area contributed by atoms with Gasteiger partial charge in [-0.3, -0.25) is 0 Å². The smallest absolute Gasteiger partial charge is 0.208 e. The minimum Gasteiger partial charge on any atom is -0.342 e. The predicted molar refractivity (Wildman–Crippen MR) is 93.4 cm³/mol. The third-order valence-electron chi connectivity index (χ3n) is 3.53. The molecule has 1 aliphatic heterocycles. The van der Waals surface area contributed by atoms with Gasteiger partial charge in [-0.05, 0) is 39.2 Å². The quantitative estimate of drug-likeness (QED) is 0.762. The van der Waals surface area contributed by atoms with Gasteiger partial charge in [-0.15, -0.1) is 0 Å². The Balaban J connectivity index is 2.10. The van der Waals surface area contributed by atoms with Crippen LogP contribution < -0.4 is 5.30 Å². The lowest BCUT2D eigenvalue weighted by Crippen LogP contribution is -2.36. The summed E-state index contributed by atoms with van der Waals surface area (Å²) in [6, 6.07) is 10.9. The van der Waals surface area contributed by atoms with Crippen LogP contribution in [0.4, 0.5) is 0 Å². The Bertz CT molecular complexity index is 482. The molecule has 114 valence electrons. The fourth-order valence-corrected chi connectivity index (χ4v) is 4.60. The van der Waals surface area contributed by atoms with Gasteiger partial charge in [0.1, 0.15) is 0 Å². The molecule has 1 unspecified atom stereocenters. The minimum absolute atomic E-state index is 0.0858. The summed E-state index contributed by atoms with van der Waals surface area (Å²) in [5, 5.41) is 1.74. The first-order valence-corrected chi connectivity index (χ1v) is 9.04. The number of hydrogen-bond donors (Lipinski definition) is 0. The van der Waals surface area contributed by atoms with Gasteiger partial charge in [0.05, 0.1) is 0 Å². The van der Waals surface area contributed by atoms with Crippen molar-refractivity contribution < 1.29 is 0 Å². The summed E-state index contributed by atoms with van der Waals surface area (Å²) in [7, 11) is -0.277. The molecule has 0 amide bonds. The van der Waals surface area contributed by atoms with E-state index in [1.807, 2.05) is 0 Å². The van der Waals surface area contributed by atoms with Crippen molar-refractivity contribution in [2.75, 3.05) is 6.29 Å². The maximum atomic E-state index is 3.47. The summed E-state index contributed by atoms with van der Waals surface area (Å²) in [5.41, 5.74) is 0.0858. The second-order valence-corrected chi connectivity index (χ2v) is 10.5. The van der Waals surface area contributed by atoms with Crippen LogP contribution >= 0.6 is 7.92 Å². The SMILES string of the molecule is CC(C)(C)N1[C]N(CP(c2ccccc2)C(C)(C)C)C=C1. The Morgan fingerprint density at radius 2 is 1.57 bits per heavy atom. The van der Waals surface area contributed by atoms with Crippen molar-refractivity contribution in [1.29, 1.82) is 0 Å². The molecule has 0 saturated carbocycles. The van der Waals surface area contributed by atoms with E-state index >= 15 is 0 Å². The van der Waals surface area contributed by atoms with Crippen molar-refractivity contribution in [3.63, 3.8) is 0 Å². The molecule has 1 aromatic carbocycles. The van der Waals surface area contributed by atoms with E-state index in [1.165, 1.54) is 5.30 Å². The first-order chi connectivity index (χ1) is 9.68. The van der Waals surface area contributed by atoms with Crippen molar-refractivity contribution in [3.05, 3.63) is 49.4 Å². The van der Waals surface area contributed by atoms with Crippen molar-refractivity contribution in [1.82, 2.24) is 9.80 Å². The summed E-state index contributed by atoms with van der Waals surface area (Å²) < 4.78 is 0. The van der Waals surface area contributed by atoms with E-state index in [0.29, 0.717) is 0 Å². The minimum atomic E-state index is -0.277. The molecule has 3 heteroatoms. The largest absolute Gasteiger partial charge is 0.342 e. The molecule has 1 aliphatic rings. The summed E-state index contributed by atoms with van der Waals surface area (Å²) in [4.78, 5) is 4.38. The fourth-order valence-electron chi connectivity index (χ4n) is 2.25. The third kappa shape index (κ3) is 4.23. The lowest BCUT2D eigenvalue weighted by molar-refractivity contribution is 0.224. The van der Waals surface area contributed by atoms with Crippen molar-refractivity contribution >= 4 is 13.2 Å². The van der Waals surface area contributed by atoms with Crippen LogP contribution in [-0.2, 0) is 0 Å². The normalized spacial score (nSPS) is 17.4. The molecule has 0 N–H and O–H groups in total. The lowest BCUT2D eigenvalue weighted by atomic mass is 10.1. The first-order valence-electron chi connectivity index (χ1n) is 7.51. The summed E-state index contributed by atoms with van der Waals surface area (Å²) in [6.45, 7) is 17.1. The average molecular weight is 302 g/mol. The standard InChI is InChI=1S/C18H27N2P/c1-17(2,3)20-13-12-19(14-20)15-21(18(4,5)6)16-10-8-7-9-11-16/h7-13H,15H2,1-6H3. The average Bonchev–Trinajstić information content (AvgIpc) is 2.84. The Kier molecular flexibility index (Phi) is 4.68. The van der Waals surface area contributed by atoms with Crippen LogP contribution in [-0.4, -0.2) is 26.8 Å². The van der Waals surface area contributed by atoms with Crippen LogP contribution in [0.15, 0.2) is 42.7 Å². The molecule has 2 rings (SSSR count). The van der Waals surface area contributed by atoms with E-state index in [1.54, 1.807) is 0 Å². The van der Waals surface area contributed by atoms with Gasteiger partial charge < -0.3 is 9.80 Å². The lowest BCUT2D eigenvalue weighted by Gasteiger charge is -2.36. The topological polar surface area (TPSA) is 6.48 Å². The second-order valence-electron chi connectivity index (χ2n) is 7.48. The first kappa shape index (κ1) is 16.4. The number of benzene rings is 1. The van der Waals surface area contributed by atoms with Crippen molar-refractivity contribution in [3.8, 4) is 0 Å². The van der Waals surface area contributed by atoms with Crippen LogP contribution in [0, 0.1) is 6.67 Å². The summed E-state index contributed by atoms with van der Waals surface area (Å²) in [6.07, 6.45) is 5.29. The van der Waals surface area contributed by atoms with Gasteiger partial charge in [-0.25, -0.2) is 0 Å². The zero-order valence-electron chi connectivity index (χ0n) is 14.1. The Hall–Kier alpha value is -1.01. The molecule has 2 nitrogen and oxygen atoms in total. The predicted octanol–water partition coefficient (Wildman–Crippen LogP) is 4.43. The molecule has 0 aromatic heterocycles. The number of nitrogens with zero attached hydrogens (tertiary/aromatic N) is 2. The molecule has 21 heavy (non-hydrogen) atoms. The van der Waals surface area contributed by atoms with E-state index in [4.69, 9.17) is 0 Å². The molecular formula is C18H27N2P. The molecule has 1 heterocycles. The molecule has 0 fully saturated rings. The molecule has 0 aliphatic carbocycles. The summed E-state index contributed by atoms with van der Waals surface area (Å²) >= 11 is 0. The number of hydrogen-bond acceptors (Lipinski definition) is 2. The molecule has 1 aromatic rings. The van der Waals surface area contributed by atoms with Crippen LogP contribution in [0.25, 0.3) is 0 Å². The van der Waals surface area contributed by atoms with Crippen LogP contribution in [0.1, 0.15) is 41.5 Å². The highest BCUT2D eigenvalue weighted by Gasteiger charge is 2.31. The van der Waals surface area contributed by atoms with E-state index in [2.05, 4.69) is 101 Å². The van der Waals surface area contributed by atoms with Gasteiger partial charge in [0.25, 0.3) is 0 Å². The fraction of sp³-hybridized carbons (Fsp3) is 0.500. The summed E-state index contributed by atoms with van der Waals surface area (Å²) in [5.74, 6) is 0. The van der Waals surface area contributed by atoms with E-state index in [9.17, 15) is 0 Å². The van der Waals surface area contributed by atoms with Gasteiger partial charge in [-0.1, -0.05) is 51.1 Å². The molecule has 2 radical (unpaired) electrons. The van der Waals surface area contributed by atoms with Gasteiger partial charge in [0, 0.05) is 24.2 Å². The number of rotatable bonds is 3. The zero-order valence-corrected chi connectivity index (χ0v) is 15.0. The molecule has 0 bridgehead atoms. The van der Waals surface area contributed by atoms with E-state index in [0.717, 1.165) is 6.29 Å². The third-order valence-corrected chi connectivity index (χ3v) is 6.65. The molecule has 0 spiro atoms. The van der Waals surface area contributed by atoms with Crippen molar-refractivity contribution in [2.24, 2.45) is 0 Å². The van der Waals surface area contributed by atoms with Crippen LogP contribution in [0.5, 0.6) is 0 Å². The highest BCUT2D eigenvalue weighted by atomic mass is 31.1. The van der Waals surface area contributed by atoms with Crippen molar-refractivity contribution in [2.45, 2.75) is 52.2 Å². The highest BCUT2D eigenvalue weighted by Crippen LogP contribution is 2.49. The van der Waals surface area contributed by atoms with E-state index in [-0.39, 0.29) is 18.6 Å². The maximum absolute atomic E-state index is 3.47. The van der Waals surface area contributed by atoms with Gasteiger partial charge in [0.15, 0.2) is 0 Å². The van der Waals surface area contributed by atoms with Crippen LogP contribution in [0.3, 0.4) is 0 Å². The Morgan fingerprint density at radius 1 is 0.952 bits per heavy atom. The molecule has 0 saturated heterocycles. The van der Waals surface area contributed by atoms with Gasteiger partial charge in [0.2, 0.25) is 6.67 Å². The molecular weight excluding hydrogens is 275 g/mol. The van der Waals surface area contributed by atoms with Crippen LogP contribution in [0.2, 0.25) is 0 Å². The highest BCUT2D eigenvalue weighted by molar-refractivity contribution is 7.67. The monoisotopic (exact) mass is 302 g/mol. The molecule has 1 atom stereocenters. The maximum Gasteiger partial charge on any atom is 0.208 e. The Morgan fingerprint density at radius 3 is 2.05 bits per heavy atom. The Labute approximate surface area is 131 Å². The van der Waals surface area contributed by atoms with Gasteiger partial charge in [-0.2, -0.15) is 0 Å². The van der Waals surface area contributed by atoms with E-state index < -0.39 is 0 Å². The zero-order chi connectivity index (χ0) is 15.7. The second kappa shape index (κ2) is 6.01.